The zero-order chi connectivity index (χ0) is 2.00. The van der Waals surface area contributed by atoms with Crippen molar-refractivity contribution in [3.05, 3.63) is 0 Å². The molecular weight excluding hydrogens is 147 g/mol. The van der Waals surface area contributed by atoms with Crippen molar-refractivity contribution in [3.63, 3.8) is 0 Å². The molecule has 0 bridgehead atoms. The van der Waals surface area contributed by atoms with Gasteiger partial charge < -0.3 is 5.48 Å². The molecule has 0 aliphatic heterocycles. The van der Waals surface area contributed by atoms with Gasteiger partial charge in [-0.2, -0.15) is 0 Å². The molecule has 0 aromatic carbocycles. The second-order valence-corrected chi connectivity index (χ2v) is 0. The fourth-order valence-corrected chi connectivity index (χ4v) is 0. The first-order valence-electron chi connectivity index (χ1n) is 0.136. The molecule has 0 aliphatic carbocycles. The molecule has 0 N–H and O–H groups in total. The van der Waals surface area contributed by atoms with E-state index in [9.17, 15) is 0 Å². The second kappa shape index (κ2) is 47.6. The summed E-state index contributed by atoms with van der Waals surface area (Å²) >= 11 is 2.31. The Morgan fingerprint density at radius 1 is 1.25 bits per heavy atom. The Morgan fingerprint density at radius 3 is 1.25 bits per heavy atom. The van der Waals surface area contributed by atoms with Crippen LogP contribution in [-0.2, 0) is 42.1 Å². The van der Waals surface area contributed by atoms with E-state index in [4.69, 9.17) is 3.87 Å². The molecule has 0 aromatic rings. The first kappa shape index (κ1) is 21.5. The van der Waals surface area contributed by atoms with Crippen molar-refractivity contribution in [1.82, 2.24) is 0 Å². The molecule has 0 saturated carbocycles. The van der Waals surface area contributed by atoms with Gasteiger partial charge in [-0.3, -0.25) is 0 Å². The van der Waals surface area contributed by atoms with Gasteiger partial charge in [-0.1, -0.05) is 0 Å². The number of hydrogen-bond donors (Lipinski definition) is 0. The Kier molecular flexibility index (Phi) is 256. The van der Waals surface area contributed by atoms with Crippen LogP contribution in [0.2, 0.25) is 0 Å². The molecule has 0 rings (SSSR count). The van der Waals surface area contributed by atoms with Crippen LogP contribution in [-0.4, -0.2) is 0 Å². The molecule has 4 heavy (non-hydrogen) atoms. The third-order valence-corrected chi connectivity index (χ3v) is 0. The van der Waals surface area contributed by atoms with Gasteiger partial charge in [0.25, 0.3) is 0 Å². The van der Waals surface area contributed by atoms with Crippen molar-refractivity contribution in [2.45, 2.75) is 0 Å². The van der Waals surface area contributed by atoms with Crippen LogP contribution in [0.25, 0.3) is 0 Å². The second-order valence-electron chi connectivity index (χ2n) is 0. The fraction of sp³-hybridized carbons (Fsp3) is 0. The summed E-state index contributed by atoms with van der Waals surface area (Å²) in [5.74, 6) is 0. The van der Waals surface area contributed by atoms with Crippen molar-refractivity contribution in [2.24, 2.45) is 0 Å². The van der Waals surface area contributed by atoms with Crippen LogP contribution in [0.3, 0.4) is 0 Å². The average molecular weight is 147 g/mol. The van der Waals surface area contributed by atoms with Gasteiger partial charge in [0.1, 0.15) is 0 Å². The van der Waals surface area contributed by atoms with Crippen LogP contribution in [0.4, 0.5) is 0 Å². The van der Waals surface area contributed by atoms with E-state index in [2.05, 4.69) is 15.7 Å². The van der Waals surface area contributed by atoms with E-state index < -0.39 is 0 Å². The Balaban J connectivity index is -0.00000000500. The van der Waals surface area contributed by atoms with Crippen LogP contribution < -0.4 is 0 Å². The third kappa shape index (κ3) is 14.4. The van der Waals surface area contributed by atoms with Gasteiger partial charge in [-0.25, -0.2) is 0 Å². The van der Waals surface area contributed by atoms with Crippen LogP contribution in [0.5, 0.6) is 0 Å². The normalized spacial score (nSPS) is 1.25. The molecule has 0 saturated heterocycles. The molecule has 0 amide bonds. The maximum atomic E-state index is 7.94. The molecular formula is CoFeO2. The van der Waals surface area contributed by atoms with Crippen molar-refractivity contribution in [1.29, 1.82) is 0 Å². The Morgan fingerprint density at radius 2 is 1.25 bits per heavy atom. The summed E-state index contributed by atoms with van der Waals surface area (Å²) in [7, 11) is 0. The maximum absolute atomic E-state index is 7.94. The van der Waals surface area contributed by atoms with Crippen molar-refractivity contribution < 1.29 is 42.1 Å². The Bertz CT molecular complexity index is 6.00. The monoisotopic (exact) mass is 147 g/mol. The molecule has 0 spiro atoms. The van der Waals surface area contributed by atoms with E-state index in [0.29, 0.717) is 0 Å². The first-order chi connectivity index (χ1) is 1.00. The average Bonchev–Trinajstić information content (AvgIpc) is 1.00. The molecule has 4 heteroatoms. The van der Waals surface area contributed by atoms with Gasteiger partial charge in [0, 0.05) is 0 Å². The SMILES string of the molecule is [Fe+2].[O-2].[O]=[Co]. The fourth-order valence-electron chi connectivity index (χ4n) is 0. The quantitative estimate of drug-likeness (QED) is 0.435. The summed E-state index contributed by atoms with van der Waals surface area (Å²) in [5, 5.41) is 0. The minimum atomic E-state index is 0. The Labute approximate surface area is 42.5 Å². The van der Waals surface area contributed by atoms with E-state index >= 15 is 0 Å². The topological polar surface area (TPSA) is 45.6 Å². The van der Waals surface area contributed by atoms with E-state index in [1.165, 1.54) is 0 Å². The summed E-state index contributed by atoms with van der Waals surface area (Å²) in [6, 6.07) is 0. The van der Waals surface area contributed by atoms with E-state index in [1.54, 1.807) is 0 Å². The molecule has 0 fully saturated rings. The predicted molar refractivity (Wildman–Crippen MR) is 1.37 cm³/mol. The first-order valence-corrected chi connectivity index (χ1v) is 0.561. The molecule has 2 nitrogen and oxygen atoms in total. The van der Waals surface area contributed by atoms with Gasteiger partial charge >= 0.3 is 36.6 Å². The van der Waals surface area contributed by atoms with Gasteiger partial charge in [0.2, 0.25) is 0 Å². The van der Waals surface area contributed by atoms with Crippen LogP contribution in [0.15, 0.2) is 0 Å². The van der Waals surface area contributed by atoms with Gasteiger partial charge in [0.15, 0.2) is 0 Å². The summed E-state index contributed by atoms with van der Waals surface area (Å²) in [6.07, 6.45) is 0. The summed E-state index contributed by atoms with van der Waals surface area (Å²) in [4.78, 5) is 0. The van der Waals surface area contributed by atoms with Crippen molar-refractivity contribution >= 4 is 0 Å². The zero-order valence-electron chi connectivity index (χ0n) is 1.50. The van der Waals surface area contributed by atoms with Gasteiger partial charge in [-0.05, 0) is 0 Å². The van der Waals surface area contributed by atoms with Gasteiger partial charge in [0.05, 0.1) is 0 Å². The molecule has 0 heterocycles. The molecule has 0 radical (unpaired) electrons. The summed E-state index contributed by atoms with van der Waals surface area (Å²) in [5.41, 5.74) is 0. The Hall–Kier alpha value is 0.786. The summed E-state index contributed by atoms with van der Waals surface area (Å²) in [6.45, 7) is 0. The minimum absolute atomic E-state index is 0. The van der Waals surface area contributed by atoms with E-state index in [-0.39, 0.29) is 22.5 Å². The summed E-state index contributed by atoms with van der Waals surface area (Å²) < 4.78 is 7.94. The number of rotatable bonds is 0. The van der Waals surface area contributed by atoms with E-state index in [1.807, 2.05) is 0 Å². The molecule has 0 unspecified atom stereocenters. The van der Waals surface area contributed by atoms with E-state index in [0.717, 1.165) is 0 Å². The molecule has 0 aromatic heterocycles. The standard InChI is InChI=1S/Co.Fe.2O/q;+2;;-2. The van der Waals surface area contributed by atoms with Crippen molar-refractivity contribution in [2.75, 3.05) is 0 Å². The molecule has 0 atom stereocenters. The molecule has 29 valence electrons. The third-order valence-electron chi connectivity index (χ3n) is 0. The predicted octanol–water partition coefficient (Wildman–Crippen LogP) is -0.243. The van der Waals surface area contributed by atoms with Crippen molar-refractivity contribution in [3.8, 4) is 0 Å². The van der Waals surface area contributed by atoms with Crippen LogP contribution in [0, 0.1) is 0 Å². The van der Waals surface area contributed by atoms with Gasteiger partial charge in [-0.15, -0.1) is 0 Å². The van der Waals surface area contributed by atoms with Crippen LogP contribution in [0.1, 0.15) is 0 Å². The zero-order valence-corrected chi connectivity index (χ0v) is 3.65. The number of hydrogen-bond acceptors (Lipinski definition) is 1. The molecule has 0 aliphatic rings. The van der Waals surface area contributed by atoms with Crippen LogP contribution >= 0.6 is 0 Å².